The van der Waals surface area contributed by atoms with Crippen molar-refractivity contribution in [3.63, 3.8) is 0 Å². The Morgan fingerprint density at radius 1 is 1.20 bits per heavy atom. The number of hydrogen-bond acceptors (Lipinski definition) is 4. The van der Waals surface area contributed by atoms with Gasteiger partial charge in [-0.2, -0.15) is 0 Å². The highest BCUT2D eigenvalue weighted by Gasteiger charge is 2.16. The van der Waals surface area contributed by atoms with Gasteiger partial charge in [0.25, 0.3) is 5.91 Å². The van der Waals surface area contributed by atoms with Crippen LogP contribution in [0.4, 0.5) is 0 Å². The van der Waals surface area contributed by atoms with Gasteiger partial charge in [-0.3, -0.25) is 9.78 Å². The standard InChI is InChI=1S/C18H21N3O2.2ClH/c22-18(21-15-5-3-10-19-12-15)14-6-8-17(9-7-14)23-13-16-4-1-2-11-20-16;;/h1-2,4,6-9,11,15,19H,3,5,10,12-13H2,(H,21,22);2*1H/t15-;;/m0../s1. The molecule has 7 heteroatoms. The van der Waals surface area contributed by atoms with E-state index >= 15 is 0 Å². The highest BCUT2D eigenvalue weighted by atomic mass is 35.5. The molecule has 1 atom stereocenters. The average molecular weight is 384 g/mol. The summed E-state index contributed by atoms with van der Waals surface area (Å²) in [5, 5.41) is 6.35. The number of carbonyl (C=O) groups is 1. The fourth-order valence-electron chi connectivity index (χ4n) is 2.59. The summed E-state index contributed by atoms with van der Waals surface area (Å²) < 4.78 is 5.67. The Bertz CT molecular complexity index is 633. The van der Waals surface area contributed by atoms with Gasteiger partial charge in [0.05, 0.1) is 5.69 Å². The SMILES string of the molecule is Cl.Cl.O=C(N[C@H]1CCCNC1)c1ccc(OCc2ccccn2)cc1. The number of piperidine rings is 1. The van der Waals surface area contributed by atoms with Crippen molar-refractivity contribution in [2.24, 2.45) is 0 Å². The molecule has 25 heavy (non-hydrogen) atoms. The molecular formula is C18H23Cl2N3O2. The molecule has 0 spiro atoms. The monoisotopic (exact) mass is 383 g/mol. The minimum atomic E-state index is -0.0324. The first-order valence-corrected chi connectivity index (χ1v) is 7.95. The molecule has 5 nitrogen and oxygen atoms in total. The molecule has 0 bridgehead atoms. The molecule has 0 saturated carbocycles. The Kier molecular flexibility index (Phi) is 9.27. The summed E-state index contributed by atoms with van der Waals surface area (Å²) in [5.74, 6) is 0.696. The first-order chi connectivity index (χ1) is 11.3. The number of benzene rings is 1. The Balaban J connectivity index is 0.00000156. The Morgan fingerprint density at radius 3 is 2.64 bits per heavy atom. The lowest BCUT2D eigenvalue weighted by Crippen LogP contribution is -2.45. The van der Waals surface area contributed by atoms with Crippen molar-refractivity contribution in [2.45, 2.75) is 25.5 Å². The van der Waals surface area contributed by atoms with Crippen LogP contribution in [0.3, 0.4) is 0 Å². The molecule has 1 saturated heterocycles. The van der Waals surface area contributed by atoms with Gasteiger partial charge >= 0.3 is 0 Å². The second kappa shape index (κ2) is 10.9. The predicted molar refractivity (Wildman–Crippen MR) is 103 cm³/mol. The summed E-state index contributed by atoms with van der Waals surface area (Å²) in [4.78, 5) is 16.4. The maximum Gasteiger partial charge on any atom is 0.251 e. The number of carbonyl (C=O) groups excluding carboxylic acids is 1. The molecule has 1 fully saturated rings. The number of aromatic nitrogens is 1. The normalized spacial score (nSPS) is 16.1. The summed E-state index contributed by atoms with van der Waals surface area (Å²) in [6.07, 6.45) is 3.88. The summed E-state index contributed by atoms with van der Waals surface area (Å²) in [6.45, 7) is 2.30. The quantitative estimate of drug-likeness (QED) is 0.832. The Labute approximate surface area is 160 Å². The number of nitrogens with one attached hydrogen (secondary N) is 2. The summed E-state index contributed by atoms with van der Waals surface area (Å²) >= 11 is 0. The van der Waals surface area contributed by atoms with E-state index in [-0.39, 0.29) is 36.8 Å². The minimum Gasteiger partial charge on any atom is -0.487 e. The van der Waals surface area contributed by atoms with E-state index in [1.54, 1.807) is 18.3 Å². The molecule has 1 aromatic heterocycles. The van der Waals surface area contributed by atoms with Crippen molar-refractivity contribution < 1.29 is 9.53 Å². The van der Waals surface area contributed by atoms with Crippen LogP contribution in [-0.4, -0.2) is 30.0 Å². The van der Waals surface area contributed by atoms with Crippen LogP contribution in [0.2, 0.25) is 0 Å². The number of hydrogen-bond donors (Lipinski definition) is 2. The molecule has 136 valence electrons. The van der Waals surface area contributed by atoms with Crippen LogP contribution in [0.1, 0.15) is 28.9 Å². The molecule has 1 aliphatic heterocycles. The zero-order valence-corrected chi connectivity index (χ0v) is 15.4. The first-order valence-electron chi connectivity index (χ1n) is 7.95. The molecule has 0 radical (unpaired) electrons. The molecule has 1 aliphatic rings. The van der Waals surface area contributed by atoms with Crippen molar-refractivity contribution in [3.05, 3.63) is 59.9 Å². The molecule has 2 heterocycles. The van der Waals surface area contributed by atoms with Gasteiger partial charge in [0.15, 0.2) is 0 Å². The van der Waals surface area contributed by atoms with Crippen LogP contribution >= 0.6 is 24.8 Å². The van der Waals surface area contributed by atoms with Gasteiger partial charge in [-0.25, -0.2) is 0 Å². The highest BCUT2D eigenvalue weighted by molar-refractivity contribution is 5.94. The van der Waals surface area contributed by atoms with Crippen molar-refractivity contribution in [1.82, 2.24) is 15.6 Å². The van der Waals surface area contributed by atoms with Gasteiger partial charge in [-0.05, 0) is 55.8 Å². The third-order valence-electron chi connectivity index (χ3n) is 3.86. The van der Waals surface area contributed by atoms with Crippen molar-refractivity contribution in [2.75, 3.05) is 13.1 Å². The lowest BCUT2D eigenvalue weighted by molar-refractivity contribution is 0.0930. The largest absolute Gasteiger partial charge is 0.487 e. The number of halogens is 2. The highest BCUT2D eigenvalue weighted by Crippen LogP contribution is 2.14. The van der Waals surface area contributed by atoms with E-state index in [1.807, 2.05) is 30.3 Å². The summed E-state index contributed by atoms with van der Waals surface area (Å²) in [7, 11) is 0. The smallest absolute Gasteiger partial charge is 0.251 e. The summed E-state index contributed by atoms with van der Waals surface area (Å²) in [6, 6.07) is 13.2. The van der Waals surface area contributed by atoms with Crippen LogP contribution in [-0.2, 0) is 6.61 Å². The van der Waals surface area contributed by atoms with E-state index in [4.69, 9.17) is 4.74 Å². The average Bonchev–Trinajstić information content (AvgIpc) is 2.62. The van der Waals surface area contributed by atoms with Crippen LogP contribution < -0.4 is 15.4 Å². The molecular weight excluding hydrogens is 361 g/mol. The van der Waals surface area contributed by atoms with Gasteiger partial charge in [0, 0.05) is 24.3 Å². The molecule has 1 amide bonds. The van der Waals surface area contributed by atoms with E-state index in [2.05, 4.69) is 15.6 Å². The van der Waals surface area contributed by atoms with Gasteiger partial charge < -0.3 is 15.4 Å². The molecule has 1 aromatic carbocycles. The lowest BCUT2D eigenvalue weighted by Gasteiger charge is -2.23. The summed E-state index contributed by atoms with van der Waals surface area (Å²) in [5.41, 5.74) is 1.53. The third-order valence-corrected chi connectivity index (χ3v) is 3.86. The maximum absolute atomic E-state index is 12.2. The molecule has 0 unspecified atom stereocenters. The third kappa shape index (κ3) is 6.53. The second-order valence-corrected chi connectivity index (χ2v) is 5.65. The molecule has 2 aromatic rings. The number of rotatable bonds is 5. The first kappa shape index (κ1) is 21.2. The van der Waals surface area contributed by atoms with E-state index in [1.165, 1.54) is 0 Å². The molecule has 3 rings (SSSR count). The van der Waals surface area contributed by atoms with E-state index in [0.29, 0.717) is 12.2 Å². The maximum atomic E-state index is 12.2. The molecule has 0 aliphatic carbocycles. The van der Waals surface area contributed by atoms with Crippen molar-refractivity contribution in [3.8, 4) is 5.75 Å². The number of pyridine rings is 1. The minimum absolute atomic E-state index is 0. The second-order valence-electron chi connectivity index (χ2n) is 5.65. The van der Waals surface area contributed by atoms with Crippen molar-refractivity contribution >= 4 is 30.7 Å². The van der Waals surface area contributed by atoms with E-state index in [0.717, 1.165) is 37.4 Å². The fourth-order valence-corrected chi connectivity index (χ4v) is 2.59. The van der Waals surface area contributed by atoms with Crippen molar-refractivity contribution in [1.29, 1.82) is 0 Å². The number of ether oxygens (including phenoxy) is 1. The number of nitrogens with zero attached hydrogens (tertiary/aromatic N) is 1. The molecule has 2 N–H and O–H groups in total. The van der Waals surface area contributed by atoms with Crippen LogP contribution in [0.25, 0.3) is 0 Å². The zero-order chi connectivity index (χ0) is 15.9. The zero-order valence-electron chi connectivity index (χ0n) is 13.8. The van der Waals surface area contributed by atoms with Gasteiger partial charge in [-0.1, -0.05) is 6.07 Å². The van der Waals surface area contributed by atoms with E-state index < -0.39 is 0 Å². The van der Waals surface area contributed by atoms with Crippen LogP contribution in [0, 0.1) is 0 Å². The van der Waals surface area contributed by atoms with Crippen LogP contribution in [0.15, 0.2) is 48.7 Å². The van der Waals surface area contributed by atoms with Gasteiger partial charge in [0.1, 0.15) is 12.4 Å². The van der Waals surface area contributed by atoms with Gasteiger partial charge in [0.2, 0.25) is 0 Å². The Hall–Kier alpha value is -1.82. The lowest BCUT2D eigenvalue weighted by atomic mass is 10.1. The topological polar surface area (TPSA) is 63.2 Å². The fraction of sp³-hybridized carbons (Fsp3) is 0.333. The van der Waals surface area contributed by atoms with Gasteiger partial charge in [-0.15, -0.1) is 24.8 Å². The predicted octanol–water partition coefficient (Wildman–Crippen LogP) is 2.99. The van der Waals surface area contributed by atoms with E-state index in [9.17, 15) is 4.79 Å². The van der Waals surface area contributed by atoms with Crippen LogP contribution in [0.5, 0.6) is 5.75 Å². The Morgan fingerprint density at radius 2 is 2.00 bits per heavy atom. The number of amides is 1.